The molecule has 12 nitrogen and oxygen atoms in total. The standard InChI is InChI=1S/C15H26N8O4/c1-8(14(26)27)22-13(25)11(3-2-4-20-15(17)18)23-12(24)10(16)5-9-6-19-7-21-9/h6-8,10-11H,2-5,16H2,1H3,(H,19,21)(H,22,25)(H,23,24)(H,26,27)(H4,17,18,20). The summed E-state index contributed by atoms with van der Waals surface area (Å²) in [5.74, 6) is -2.45. The minimum atomic E-state index is -1.19. The summed E-state index contributed by atoms with van der Waals surface area (Å²) in [6.07, 6.45) is 3.82. The first-order valence-corrected chi connectivity index (χ1v) is 8.32. The van der Waals surface area contributed by atoms with E-state index in [1.165, 1.54) is 13.3 Å². The molecule has 1 rings (SSSR count). The summed E-state index contributed by atoms with van der Waals surface area (Å²) in [6, 6.07) is -2.98. The number of rotatable bonds is 11. The van der Waals surface area contributed by atoms with Crippen LogP contribution in [0.5, 0.6) is 0 Å². The molecule has 3 unspecified atom stereocenters. The van der Waals surface area contributed by atoms with Crippen LogP contribution in [-0.2, 0) is 20.8 Å². The zero-order chi connectivity index (χ0) is 20.4. The van der Waals surface area contributed by atoms with E-state index in [1.807, 2.05) is 0 Å². The first-order valence-electron chi connectivity index (χ1n) is 8.32. The number of aliphatic carboxylic acids is 1. The zero-order valence-corrected chi connectivity index (χ0v) is 15.0. The lowest BCUT2D eigenvalue weighted by Crippen LogP contribution is -2.54. The third-order valence-electron chi connectivity index (χ3n) is 3.64. The summed E-state index contributed by atoms with van der Waals surface area (Å²) in [5.41, 5.74) is 17.0. The van der Waals surface area contributed by atoms with E-state index < -0.39 is 35.9 Å². The molecule has 1 heterocycles. The Morgan fingerprint density at radius 3 is 2.56 bits per heavy atom. The van der Waals surface area contributed by atoms with Gasteiger partial charge in [0.1, 0.15) is 12.1 Å². The normalized spacial score (nSPS) is 13.9. The minimum Gasteiger partial charge on any atom is -0.480 e. The van der Waals surface area contributed by atoms with E-state index >= 15 is 0 Å². The van der Waals surface area contributed by atoms with Crippen molar-refractivity contribution in [2.24, 2.45) is 22.2 Å². The molecule has 0 aliphatic carbocycles. The molecule has 0 saturated heterocycles. The quantitative estimate of drug-likeness (QED) is 0.122. The third kappa shape index (κ3) is 8.18. The lowest BCUT2D eigenvalue weighted by molar-refractivity contribution is -0.141. The Bertz CT molecular complexity index is 657. The summed E-state index contributed by atoms with van der Waals surface area (Å²) >= 11 is 0. The number of aromatic amines is 1. The van der Waals surface area contributed by atoms with E-state index in [2.05, 4.69) is 25.6 Å². The summed E-state index contributed by atoms with van der Waals surface area (Å²) in [7, 11) is 0. The number of carboxylic acids is 1. The SMILES string of the molecule is CC(NC(=O)C(CCCN=C(N)N)NC(=O)C(N)Cc1cnc[nH]1)C(=O)O. The van der Waals surface area contributed by atoms with Gasteiger partial charge in [0.15, 0.2) is 5.96 Å². The van der Waals surface area contributed by atoms with Crippen LogP contribution >= 0.6 is 0 Å². The number of nitrogens with two attached hydrogens (primary N) is 3. The van der Waals surface area contributed by atoms with Crippen LogP contribution in [0.1, 0.15) is 25.5 Å². The molecule has 12 heteroatoms. The van der Waals surface area contributed by atoms with Gasteiger partial charge < -0.3 is 37.9 Å². The molecule has 2 amide bonds. The molecular formula is C15H26N8O4. The van der Waals surface area contributed by atoms with Crippen LogP contribution in [0.15, 0.2) is 17.5 Å². The Labute approximate surface area is 156 Å². The Hall–Kier alpha value is -3.15. The number of hydrogen-bond acceptors (Lipinski definition) is 6. The van der Waals surface area contributed by atoms with Crippen molar-refractivity contribution in [2.45, 2.75) is 44.3 Å². The van der Waals surface area contributed by atoms with Crippen molar-refractivity contribution in [2.75, 3.05) is 6.54 Å². The van der Waals surface area contributed by atoms with Crippen molar-refractivity contribution in [1.82, 2.24) is 20.6 Å². The van der Waals surface area contributed by atoms with Gasteiger partial charge in [-0.2, -0.15) is 0 Å². The Morgan fingerprint density at radius 2 is 2.00 bits per heavy atom. The van der Waals surface area contributed by atoms with Gasteiger partial charge in [0.05, 0.1) is 12.4 Å². The van der Waals surface area contributed by atoms with Gasteiger partial charge in [-0.25, -0.2) is 4.98 Å². The zero-order valence-electron chi connectivity index (χ0n) is 15.0. The molecule has 0 saturated carbocycles. The van der Waals surface area contributed by atoms with Crippen molar-refractivity contribution in [3.63, 3.8) is 0 Å². The second kappa shape index (κ2) is 10.8. The third-order valence-corrected chi connectivity index (χ3v) is 3.64. The van der Waals surface area contributed by atoms with Gasteiger partial charge in [0.2, 0.25) is 11.8 Å². The van der Waals surface area contributed by atoms with Crippen LogP contribution in [0.4, 0.5) is 0 Å². The van der Waals surface area contributed by atoms with E-state index in [9.17, 15) is 14.4 Å². The highest BCUT2D eigenvalue weighted by atomic mass is 16.4. The summed E-state index contributed by atoms with van der Waals surface area (Å²) in [5, 5.41) is 13.8. The van der Waals surface area contributed by atoms with Gasteiger partial charge in [-0.1, -0.05) is 0 Å². The molecule has 0 bridgehead atoms. The van der Waals surface area contributed by atoms with Gasteiger partial charge in [0, 0.05) is 24.9 Å². The number of carbonyl (C=O) groups excluding carboxylic acids is 2. The van der Waals surface area contributed by atoms with E-state index in [1.54, 1.807) is 6.20 Å². The highest BCUT2D eigenvalue weighted by molar-refractivity contribution is 5.91. The molecule has 0 aliphatic rings. The molecule has 0 spiro atoms. The number of carbonyl (C=O) groups is 3. The molecule has 27 heavy (non-hydrogen) atoms. The Kier molecular flexibility index (Phi) is 8.72. The Balaban J connectivity index is 2.69. The fourth-order valence-electron chi connectivity index (χ4n) is 2.15. The number of carboxylic acid groups (broad SMARTS) is 1. The fourth-order valence-corrected chi connectivity index (χ4v) is 2.15. The number of H-pyrrole nitrogens is 1. The average Bonchev–Trinajstić information content (AvgIpc) is 3.09. The molecule has 10 N–H and O–H groups in total. The highest BCUT2D eigenvalue weighted by Gasteiger charge is 2.26. The molecule has 0 radical (unpaired) electrons. The summed E-state index contributed by atoms with van der Waals surface area (Å²) < 4.78 is 0. The second-order valence-electron chi connectivity index (χ2n) is 5.97. The second-order valence-corrected chi connectivity index (χ2v) is 5.97. The van der Waals surface area contributed by atoms with Crippen LogP contribution in [0.25, 0.3) is 0 Å². The predicted octanol–water partition coefficient (Wildman–Crippen LogP) is -2.59. The molecule has 0 aliphatic heterocycles. The van der Waals surface area contributed by atoms with Crippen LogP contribution in [0.3, 0.4) is 0 Å². The Morgan fingerprint density at radius 1 is 1.30 bits per heavy atom. The van der Waals surface area contributed by atoms with E-state index in [0.717, 1.165) is 0 Å². The molecule has 0 fully saturated rings. The predicted molar refractivity (Wildman–Crippen MR) is 97.3 cm³/mol. The smallest absolute Gasteiger partial charge is 0.325 e. The summed E-state index contributed by atoms with van der Waals surface area (Å²) in [6.45, 7) is 1.58. The number of imidazole rings is 1. The van der Waals surface area contributed by atoms with E-state index in [0.29, 0.717) is 12.1 Å². The fraction of sp³-hybridized carbons (Fsp3) is 0.533. The van der Waals surface area contributed by atoms with Gasteiger partial charge >= 0.3 is 5.97 Å². The first-order chi connectivity index (χ1) is 12.7. The summed E-state index contributed by atoms with van der Waals surface area (Å²) in [4.78, 5) is 46.0. The van der Waals surface area contributed by atoms with Gasteiger partial charge in [-0.15, -0.1) is 0 Å². The van der Waals surface area contributed by atoms with Crippen molar-refractivity contribution >= 4 is 23.7 Å². The maximum atomic E-state index is 12.3. The maximum absolute atomic E-state index is 12.3. The number of aliphatic imine (C=N–C) groups is 1. The van der Waals surface area contributed by atoms with Crippen molar-refractivity contribution in [1.29, 1.82) is 0 Å². The molecule has 150 valence electrons. The van der Waals surface area contributed by atoms with Gasteiger partial charge in [0.25, 0.3) is 0 Å². The van der Waals surface area contributed by atoms with Crippen LogP contribution < -0.4 is 27.8 Å². The highest BCUT2D eigenvalue weighted by Crippen LogP contribution is 2.02. The monoisotopic (exact) mass is 382 g/mol. The largest absolute Gasteiger partial charge is 0.480 e. The topological polar surface area (TPSA) is 215 Å². The lowest BCUT2D eigenvalue weighted by atomic mass is 10.1. The first kappa shape index (κ1) is 21.9. The number of hydrogen-bond donors (Lipinski definition) is 7. The number of aromatic nitrogens is 2. The van der Waals surface area contributed by atoms with Gasteiger partial charge in [-0.05, 0) is 19.8 Å². The number of nitrogens with one attached hydrogen (secondary N) is 3. The number of nitrogens with zero attached hydrogens (tertiary/aromatic N) is 2. The van der Waals surface area contributed by atoms with Crippen molar-refractivity contribution in [3.8, 4) is 0 Å². The maximum Gasteiger partial charge on any atom is 0.325 e. The lowest BCUT2D eigenvalue weighted by Gasteiger charge is -2.21. The van der Waals surface area contributed by atoms with E-state index in [4.69, 9.17) is 22.3 Å². The van der Waals surface area contributed by atoms with Gasteiger partial charge in [-0.3, -0.25) is 19.4 Å². The number of guanidine groups is 1. The molecule has 3 atom stereocenters. The van der Waals surface area contributed by atoms with Crippen LogP contribution in [-0.4, -0.2) is 63.5 Å². The molecular weight excluding hydrogens is 356 g/mol. The van der Waals surface area contributed by atoms with Crippen molar-refractivity contribution in [3.05, 3.63) is 18.2 Å². The molecule has 1 aromatic heterocycles. The number of amides is 2. The van der Waals surface area contributed by atoms with E-state index in [-0.39, 0.29) is 25.3 Å². The minimum absolute atomic E-state index is 0.0823. The van der Waals surface area contributed by atoms with Crippen molar-refractivity contribution < 1.29 is 19.5 Å². The average molecular weight is 382 g/mol. The molecule has 1 aromatic rings. The molecule has 0 aromatic carbocycles. The van der Waals surface area contributed by atoms with Crippen LogP contribution in [0.2, 0.25) is 0 Å². The van der Waals surface area contributed by atoms with Crippen LogP contribution in [0, 0.1) is 0 Å².